The zero-order valence-corrected chi connectivity index (χ0v) is 7.03. The molecule has 1 aliphatic rings. The van der Waals surface area contributed by atoms with Gasteiger partial charge in [-0.25, -0.2) is 5.06 Å². The third kappa shape index (κ3) is 2.64. The predicted octanol–water partition coefficient (Wildman–Crippen LogP) is 0.0553. The molecule has 4 heteroatoms. The summed E-state index contributed by atoms with van der Waals surface area (Å²) in [5.74, 6) is -0.111. The summed E-state index contributed by atoms with van der Waals surface area (Å²) in [6, 6.07) is 0. The van der Waals surface area contributed by atoms with Crippen LogP contribution in [0.4, 0.5) is 0 Å². The van der Waals surface area contributed by atoms with E-state index in [-0.39, 0.29) is 5.91 Å². The third-order valence-corrected chi connectivity index (χ3v) is 1.64. The molecule has 1 aliphatic heterocycles. The number of carbonyl (C=O) groups excluding carboxylic acids is 1. The highest BCUT2D eigenvalue weighted by molar-refractivity contribution is 5.86. The van der Waals surface area contributed by atoms with E-state index < -0.39 is 0 Å². The average Bonchev–Trinajstić information content (AvgIpc) is 2.15. The Morgan fingerprint density at radius 1 is 1.58 bits per heavy atom. The first-order valence-electron chi connectivity index (χ1n) is 4.15. The van der Waals surface area contributed by atoms with E-state index in [1.807, 2.05) is 0 Å². The number of rotatable bonds is 2. The molecule has 0 spiro atoms. The molecule has 1 rings (SSSR count). The Balaban J connectivity index is 2.34. The summed E-state index contributed by atoms with van der Waals surface area (Å²) < 4.78 is 0. The maximum atomic E-state index is 11.2. The number of hydrogen-bond donors (Lipinski definition) is 1. The minimum atomic E-state index is -0.111. The first kappa shape index (κ1) is 9.22. The highest BCUT2D eigenvalue weighted by Crippen LogP contribution is 2.05. The zero-order chi connectivity index (χ0) is 8.81. The van der Waals surface area contributed by atoms with E-state index in [0.29, 0.717) is 19.7 Å². The largest absolute Gasteiger partial charge is 0.327 e. The lowest BCUT2D eigenvalue weighted by molar-refractivity contribution is -0.191. The second-order valence-corrected chi connectivity index (χ2v) is 2.62. The molecular formula is C8H14N2O2. The van der Waals surface area contributed by atoms with Crippen LogP contribution in [0.3, 0.4) is 0 Å². The van der Waals surface area contributed by atoms with Crippen molar-refractivity contribution in [3.63, 3.8) is 0 Å². The van der Waals surface area contributed by atoms with Crippen LogP contribution in [0.1, 0.15) is 12.8 Å². The number of nitrogens with zero attached hydrogens (tertiary/aromatic N) is 1. The molecule has 1 amide bonds. The molecule has 0 aromatic rings. The van der Waals surface area contributed by atoms with E-state index in [0.717, 1.165) is 12.8 Å². The van der Waals surface area contributed by atoms with Gasteiger partial charge >= 0.3 is 0 Å². The molecule has 1 heterocycles. The maximum absolute atomic E-state index is 11.2. The van der Waals surface area contributed by atoms with Crippen molar-refractivity contribution in [3.05, 3.63) is 12.2 Å². The maximum Gasteiger partial charge on any atom is 0.269 e. The molecule has 0 aliphatic carbocycles. The van der Waals surface area contributed by atoms with Gasteiger partial charge in [-0.15, -0.1) is 0 Å². The van der Waals surface area contributed by atoms with Crippen molar-refractivity contribution in [2.45, 2.75) is 12.8 Å². The van der Waals surface area contributed by atoms with Crippen LogP contribution in [0.2, 0.25) is 0 Å². The monoisotopic (exact) mass is 170 g/mol. The summed E-state index contributed by atoms with van der Waals surface area (Å²) in [5, 5.41) is 1.38. The van der Waals surface area contributed by atoms with Crippen molar-refractivity contribution in [1.29, 1.82) is 0 Å². The molecule has 0 aromatic heterocycles. The van der Waals surface area contributed by atoms with Gasteiger partial charge in [0.2, 0.25) is 0 Å². The molecule has 0 aromatic carbocycles. The Hall–Kier alpha value is -0.870. The lowest BCUT2D eigenvalue weighted by Crippen LogP contribution is -2.34. The SMILES string of the molecule is NC/C=C/C(=O)N1CCCCO1. The van der Waals surface area contributed by atoms with Gasteiger partial charge in [0.05, 0.1) is 6.61 Å². The van der Waals surface area contributed by atoms with Crippen LogP contribution in [-0.2, 0) is 9.63 Å². The quantitative estimate of drug-likeness (QED) is 0.596. The smallest absolute Gasteiger partial charge is 0.269 e. The lowest BCUT2D eigenvalue weighted by atomic mass is 10.3. The van der Waals surface area contributed by atoms with E-state index in [1.54, 1.807) is 6.08 Å². The molecular weight excluding hydrogens is 156 g/mol. The van der Waals surface area contributed by atoms with Crippen molar-refractivity contribution in [1.82, 2.24) is 5.06 Å². The molecule has 0 radical (unpaired) electrons. The van der Waals surface area contributed by atoms with Crippen molar-refractivity contribution in [2.75, 3.05) is 19.7 Å². The van der Waals surface area contributed by atoms with Crippen LogP contribution in [0.15, 0.2) is 12.2 Å². The van der Waals surface area contributed by atoms with Crippen molar-refractivity contribution in [3.8, 4) is 0 Å². The predicted molar refractivity (Wildman–Crippen MR) is 45.1 cm³/mol. The van der Waals surface area contributed by atoms with Crippen LogP contribution in [0.25, 0.3) is 0 Å². The van der Waals surface area contributed by atoms with E-state index in [4.69, 9.17) is 10.6 Å². The molecule has 0 bridgehead atoms. The lowest BCUT2D eigenvalue weighted by Gasteiger charge is -2.24. The third-order valence-electron chi connectivity index (χ3n) is 1.64. The fourth-order valence-corrected chi connectivity index (χ4v) is 1.02. The molecule has 0 unspecified atom stereocenters. The van der Waals surface area contributed by atoms with Gasteiger partial charge in [-0.1, -0.05) is 6.08 Å². The molecule has 12 heavy (non-hydrogen) atoms. The van der Waals surface area contributed by atoms with Crippen molar-refractivity contribution >= 4 is 5.91 Å². The minimum absolute atomic E-state index is 0.111. The van der Waals surface area contributed by atoms with E-state index in [9.17, 15) is 4.79 Å². The topological polar surface area (TPSA) is 55.6 Å². The van der Waals surface area contributed by atoms with Gasteiger partial charge in [0.15, 0.2) is 0 Å². The second-order valence-electron chi connectivity index (χ2n) is 2.62. The summed E-state index contributed by atoms with van der Waals surface area (Å²) in [6.45, 7) is 1.72. The fraction of sp³-hybridized carbons (Fsp3) is 0.625. The first-order valence-corrected chi connectivity index (χ1v) is 4.15. The molecule has 2 N–H and O–H groups in total. The Morgan fingerprint density at radius 2 is 2.42 bits per heavy atom. The molecule has 68 valence electrons. The Morgan fingerprint density at radius 3 is 3.00 bits per heavy atom. The first-order chi connectivity index (χ1) is 5.84. The normalized spacial score (nSPS) is 18.6. The van der Waals surface area contributed by atoms with Gasteiger partial charge in [-0.2, -0.15) is 0 Å². The number of hydroxylamine groups is 2. The summed E-state index contributed by atoms with van der Waals surface area (Å²) in [6.07, 6.45) is 5.12. The van der Waals surface area contributed by atoms with E-state index >= 15 is 0 Å². The molecule has 0 saturated carbocycles. The van der Waals surface area contributed by atoms with Gasteiger partial charge in [-0.05, 0) is 12.8 Å². The van der Waals surface area contributed by atoms with E-state index in [2.05, 4.69) is 0 Å². The van der Waals surface area contributed by atoms with Crippen LogP contribution in [0.5, 0.6) is 0 Å². The number of carbonyl (C=O) groups is 1. The molecule has 4 nitrogen and oxygen atoms in total. The highest BCUT2D eigenvalue weighted by Gasteiger charge is 2.14. The second kappa shape index (κ2) is 4.90. The molecule has 1 fully saturated rings. The van der Waals surface area contributed by atoms with Gasteiger partial charge in [-0.3, -0.25) is 9.63 Å². The van der Waals surface area contributed by atoms with Gasteiger partial charge in [0.25, 0.3) is 5.91 Å². The van der Waals surface area contributed by atoms with Crippen LogP contribution in [0, 0.1) is 0 Å². The summed E-state index contributed by atoms with van der Waals surface area (Å²) in [4.78, 5) is 16.3. The Bertz CT molecular complexity index is 174. The van der Waals surface area contributed by atoms with Crippen molar-refractivity contribution in [2.24, 2.45) is 5.73 Å². The summed E-state index contributed by atoms with van der Waals surface area (Å²) in [5.41, 5.74) is 5.21. The molecule has 1 saturated heterocycles. The minimum Gasteiger partial charge on any atom is -0.327 e. The van der Waals surface area contributed by atoms with Gasteiger partial charge < -0.3 is 5.73 Å². The summed E-state index contributed by atoms with van der Waals surface area (Å²) >= 11 is 0. The van der Waals surface area contributed by atoms with E-state index in [1.165, 1.54) is 11.1 Å². The Labute approximate surface area is 71.9 Å². The van der Waals surface area contributed by atoms with Crippen molar-refractivity contribution < 1.29 is 9.63 Å². The highest BCUT2D eigenvalue weighted by atomic mass is 16.7. The standard InChI is InChI=1S/C8H14N2O2/c9-5-3-4-8(11)10-6-1-2-7-12-10/h3-4H,1-2,5-7,9H2/b4-3+. The number of amides is 1. The number of nitrogens with two attached hydrogens (primary N) is 1. The van der Waals surface area contributed by atoms with Gasteiger partial charge in [0, 0.05) is 19.2 Å². The number of hydrogen-bond acceptors (Lipinski definition) is 3. The average molecular weight is 170 g/mol. The van der Waals surface area contributed by atoms with Gasteiger partial charge in [0.1, 0.15) is 0 Å². The van der Waals surface area contributed by atoms with Crippen LogP contribution >= 0.6 is 0 Å². The summed E-state index contributed by atoms with van der Waals surface area (Å²) in [7, 11) is 0. The Kier molecular flexibility index (Phi) is 3.76. The fourth-order valence-electron chi connectivity index (χ4n) is 1.02. The van der Waals surface area contributed by atoms with Crippen LogP contribution in [-0.4, -0.2) is 30.7 Å². The zero-order valence-electron chi connectivity index (χ0n) is 7.03. The van der Waals surface area contributed by atoms with Crippen LogP contribution < -0.4 is 5.73 Å². The molecule has 0 atom stereocenters.